The zero-order valence-electron chi connectivity index (χ0n) is 10.0. The van der Waals surface area contributed by atoms with E-state index in [1.165, 1.54) is 17.7 Å². The normalized spacial score (nSPS) is 8.94. The summed E-state index contributed by atoms with van der Waals surface area (Å²) in [6.45, 7) is 1.99. The van der Waals surface area contributed by atoms with Gasteiger partial charge in [-0.2, -0.15) is 0 Å². The first-order valence-electron chi connectivity index (χ1n) is 5.42. The maximum absolute atomic E-state index is 10.1. The number of aromatic hydroxyl groups is 1. The lowest BCUT2D eigenvalue weighted by atomic mass is 10.2. The number of aldehydes is 2. The monoisotopic (exact) mass is 242 g/mol. The van der Waals surface area contributed by atoms with Crippen LogP contribution in [0.25, 0.3) is 0 Å². The van der Waals surface area contributed by atoms with Gasteiger partial charge in [-0.05, 0) is 19.1 Å². The fourth-order valence-corrected chi connectivity index (χ4v) is 1.24. The lowest BCUT2D eigenvalue weighted by Crippen LogP contribution is -1.77. The van der Waals surface area contributed by atoms with Crippen LogP contribution in [0.4, 0.5) is 0 Å². The number of phenols is 1. The van der Waals surface area contributed by atoms with Gasteiger partial charge < -0.3 is 5.11 Å². The van der Waals surface area contributed by atoms with Crippen molar-refractivity contribution < 1.29 is 14.7 Å². The van der Waals surface area contributed by atoms with E-state index in [0.717, 1.165) is 11.8 Å². The van der Waals surface area contributed by atoms with Gasteiger partial charge in [0.15, 0.2) is 0 Å². The first-order valence-corrected chi connectivity index (χ1v) is 5.42. The van der Waals surface area contributed by atoms with Crippen molar-refractivity contribution in [1.82, 2.24) is 0 Å². The van der Waals surface area contributed by atoms with E-state index in [0.29, 0.717) is 11.8 Å². The molecule has 0 aromatic heterocycles. The maximum Gasteiger partial charge on any atom is 0.150 e. The number of carbonyl (C=O) groups is 2. The smallest absolute Gasteiger partial charge is 0.150 e. The third kappa shape index (κ3) is 4.61. The second-order valence-electron chi connectivity index (χ2n) is 3.74. The van der Waals surface area contributed by atoms with Crippen LogP contribution in [0.5, 0.6) is 5.75 Å². The molecule has 3 heteroatoms. The molecule has 3 nitrogen and oxygen atoms in total. The highest BCUT2D eigenvalue weighted by molar-refractivity contribution is 5.75. The molecule has 18 heavy (non-hydrogen) atoms. The zero-order chi connectivity index (χ0) is 13.4. The largest absolute Gasteiger partial charge is 0.508 e. The molecule has 0 fully saturated rings. The van der Waals surface area contributed by atoms with E-state index in [4.69, 9.17) is 5.11 Å². The average molecular weight is 242 g/mol. The predicted octanol–water partition coefficient (Wildman–Crippen LogP) is 3.01. The second-order valence-corrected chi connectivity index (χ2v) is 3.74. The Bertz CT molecular complexity index is 516. The summed E-state index contributed by atoms with van der Waals surface area (Å²) in [5.74, 6) is 0.125. The van der Waals surface area contributed by atoms with Crippen LogP contribution in [0.1, 0.15) is 26.3 Å². The summed E-state index contributed by atoms with van der Waals surface area (Å²) in [5.41, 5.74) is 2.41. The average Bonchev–Trinajstić information content (AvgIpc) is 2.40. The van der Waals surface area contributed by atoms with E-state index < -0.39 is 0 Å². The number of carbonyl (C=O) groups excluding carboxylic acids is 2. The van der Waals surface area contributed by atoms with Crippen molar-refractivity contribution in [3.63, 3.8) is 0 Å². The van der Waals surface area contributed by atoms with Gasteiger partial charge in [-0.3, -0.25) is 9.59 Å². The van der Waals surface area contributed by atoms with Crippen molar-refractivity contribution in [2.45, 2.75) is 6.92 Å². The molecule has 0 radical (unpaired) electrons. The molecule has 0 spiro atoms. The van der Waals surface area contributed by atoms with Crippen LogP contribution in [0, 0.1) is 6.92 Å². The molecule has 2 aromatic carbocycles. The molecule has 0 aliphatic carbocycles. The van der Waals surface area contributed by atoms with Crippen molar-refractivity contribution in [2.75, 3.05) is 0 Å². The van der Waals surface area contributed by atoms with E-state index in [1.54, 1.807) is 12.1 Å². The molecule has 2 rings (SSSR count). The Morgan fingerprint density at radius 2 is 1.50 bits per heavy atom. The molecule has 0 atom stereocenters. The van der Waals surface area contributed by atoms with Gasteiger partial charge in [0.2, 0.25) is 0 Å². The van der Waals surface area contributed by atoms with E-state index in [9.17, 15) is 9.59 Å². The fourth-order valence-electron chi connectivity index (χ4n) is 1.24. The molecule has 0 saturated carbocycles. The number of rotatable bonds is 2. The van der Waals surface area contributed by atoms with Crippen LogP contribution in [0.2, 0.25) is 0 Å². The molecule has 1 N–H and O–H groups in total. The number of aryl methyl sites for hydroxylation is 1. The molecule has 0 heterocycles. The number of phenolic OH excluding ortho intramolecular Hbond substituents is 1. The summed E-state index contributed by atoms with van der Waals surface area (Å²) in [7, 11) is 0. The van der Waals surface area contributed by atoms with Crippen LogP contribution in [-0.4, -0.2) is 17.7 Å². The van der Waals surface area contributed by atoms with Crippen molar-refractivity contribution in [1.29, 1.82) is 0 Å². The highest BCUT2D eigenvalue weighted by Gasteiger charge is 1.88. The Morgan fingerprint density at radius 1 is 0.889 bits per heavy atom. The van der Waals surface area contributed by atoms with E-state index in [-0.39, 0.29) is 5.75 Å². The van der Waals surface area contributed by atoms with Crippen LogP contribution in [-0.2, 0) is 0 Å². The quantitative estimate of drug-likeness (QED) is 0.823. The SMILES string of the molecule is Cc1ccc(C=O)cc1.O=Cc1cccc(O)c1. The molecule has 0 amide bonds. The van der Waals surface area contributed by atoms with Gasteiger partial charge in [-0.15, -0.1) is 0 Å². The minimum atomic E-state index is 0.125. The van der Waals surface area contributed by atoms with Crippen molar-refractivity contribution in [2.24, 2.45) is 0 Å². The minimum Gasteiger partial charge on any atom is -0.508 e. The van der Waals surface area contributed by atoms with Gasteiger partial charge in [-0.25, -0.2) is 0 Å². The Kier molecular flexibility index (Phi) is 5.32. The molecule has 2 aromatic rings. The summed E-state index contributed by atoms with van der Waals surface area (Å²) in [4.78, 5) is 20.2. The molecular formula is C15H14O3. The van der Waals surface area contributed by atoms with Crippen molar-refractivity contribution in [3.8, 4) is 5.75 Å². The number of benzene rings is 2. The van der Waals surface area contributed by atoms with Crippen LogP contribution in [0.3, 0.4) is 0 Å². The van der Waals surface area contributed by atoms with Gasteiger partial charge in [0.25, 0.3) is 0 Å². The number of hydrogen-bond donors (Lipinski definition) is 1. The van der Waals surface area contributed by atoms with Gasteiger partial charge in [0.05, 0.1) is 0 Å². The molecule has 92 valence electrons. The second kappa shape index (κ2) is 7.01. The number of hydrogen-bond acceptors (Lipinski definition) is 3. The standard InChI is InChI=1S/C8H8O.C7H6O2/c1-7-2-4-8(6-9)5-3-7;8-5-6-2-1-3-7(9)4-6/h2-6H,1H3;1-5,9H. The minimum absolute atomic E-state index is 0.125. The molecular weight excluding hydrogens is 228 g/mol. The lowest BCUT2D eigenvalue weighted by molar-refractivity contribution is 0.111. The third-order valence-corrected chi connectivity index (χ3v) is 2.22. The van der Waals surface area contributed by atoms with Gasteiger partial charge >= 0.3 is 0 Å². The first kappa shape index (κ1) is 13.6. The maximum atomic E-state index is 10.1. The Balaban J connectivity index is 0.000000180. The van der Waals surface area contributed by atoms with E-state index in [1.807, 2.05) is 31.2 Å². The summed E-state index contributed by atoms with van der Waals surface area (Å²) >= 11 is 0. The fraction of sp³-hybridized carbons (Fsp3) is 0.0667. The highest BCUT2D eigenvalue weighted by Crippen LogP contribution is 2.08. The zero-order valence-corrected chi connectivity index (χ0v) is 10.0. The first-order chi connectivity index (χ1) is 8.65. The van der Waals surface area contributed by atoms with Gasteiger partial charge in [0, 0.05) is 11.1 Å². The Hall–Kier alpha value is -2.42. The summed E-state index contributed by atoms with van der Waals surface area (Å²) in [6, 6.07) is 13.6. The lowest BCUT2D eigenvalue weighted by Gasteiger charge is -1.89. The summed E-state index contributed by atoms with van der Waals surface area (Å²) < 4.78 is 0. The molecule has 0 aliphatic rings. The van der Waals surface area contributed by atoms with E-state index in [2.05, 4.69) is 0 Å². The molecule has 0 saturated heterocycles. The van der Waals surface area contributed by atoms with Crippen LogP contribution >= 0.6 is 0 Å². The molecule has 0 unspecified atom stereocenters. The Labute approximate surface area is 106 Å². The predicted molar refractivity (Wildman–Crippen MR) is 70.1 cm³/mol. The van der Waals surface area contributed by atoms with Crippen LogP contribution < -0.4 is 0 Å². The summed E-state index contributed by atoms with van der Waals surface area (Å²) in [6.07, 6.45) is 1.54. The Morgan fingerprint density at radius 3 is 1.94 bits per heavy atom. The summed E-state index contributed by atoms with van der Waals surface area (Å²) in [5, 5.41) is 8.79. The molecule has 0 aliphatic heterocycles. The topological polar surface area (TPSA) is 54.4 Å². The van der Waals surface area contributed by atoms with Gasteiger partial charge in [-0.1, -0.05) is 42.0 Å². The van der Waals surface area contributed by atoms with Crippen molar-refractivity contribution >= 4 is 12.6 Å². The van der Waals surface area contributed by atoms with Crippen LogP contribution in [0.15, 0.2) is 48.5 Å². The van der Waals surface area contributed by atoms with Crippen molar-refractivity contribution in [3.05, 3.63) is 65.2 Å². The highest BCUT2D eigenvalue weighted by atomic mass is 16.3. The van der Waals surface area contributed by atoms with E-state index >= 15 is 0 Å². The third-order valence-electron chi connectivity index (χ3n) is 2.22. The van der Waals surface area contributed by atoms with Gasteiger partial charge in [0.1, 0.15) is 18.3 Å². The molecule has 0 bridgehead atoms.